The van der Waals surface area contributed by atoms with E-state index in [4.69, 9.17) is 80.6 Å². The first-order chi connectivity index (χ1) is 61.4. The van der Waals surface area contributed by atoms with Crippen molar-refractivity contribution in [1.82, 2.24) is 62.9 Å². The number of carbonyl (C=O) groups excluding carboxylic acids is 10. The summed E-state index contributed by atoms with van der Waals surface area (Å²) in [6.07, 6.45) is -18.5. The van der Waals surface area contributed by atoms with Crippen molar-refractivity contribution < 1.29 is 127 Å². The van der Waals surface area contributed by atoms with Gasteiger partial charge in [-0.05, 0) is 139 Å². The van der Waals surface area contributed by atoms with E-state index in [1.807, 2.05) is 13.8 Å². The Bertz CT molecular complexity index is 5600. The number of phenols is 3. The number of anilines is 1. The van der Waals surface area contributed by atoms with Gasteiger partial charge in [0.1, 0.15) is 101 Å². The normalized spacial score (nSPS) is 25.5. The van der Waals surface area contributed by atoms with Crippen LogP contribution in [-0.2, 0) is 75.1 Å². The van der Waals surface area contributed by atoms with Crippen molar-refractivity contribution in [2.24, 2.45) is 11.7 Å². The Kier molecular flexibility index (Phi) is 30.6. The number of aromatic hydroxyl groups is 3. The molecule has 10 amide bonds. The topological polar surface area (TPSA) is 601 Å². The molecule has 11 bridgehead atoms. The van der Waals surface area contributed by atoms with E-state index >= 15 is 24.0 Å². The number of ether oxygens (including phenoxy) is 6. The summed E-state index contributed by atoms with van der Waals surface area (Å²) in [6, 6.07) is 5.13. The zero-order valence-corrected chi connectivity index (χ0v) is 73.9. The van der Waals surface area contributed by atoms with E-state index in [9.17, 15) is 74.7 Å². The zero-order chi connectivity index (χ0) is 94.6. The molecule has 18 atom stereocenters. The second-order valence-corrected chi connectivity index (χ2v) is 35.1. The molecule has 2 fully saturated rings. The van der Waals surface area contributed by atoms with Crippen molar-refractivity contribution in [1.29, 1.82) is 0 Å². The van der Waals surface area contributed by atoms with Crippen LogP contribution in [0.5, 0.6) is 46.0 Å². The van der Waals surface area contributed by atoms with Crippen LogP contribution in [0.4, 0.5) is 5.82 Å². The van der Waals surface area contributed by atoms with Crippen molar-refractivity contribution in [3.63, 3.8) is 0 Å². The van der Waals surface area contributed by atoms with Crippen LogP contribution >= 0.6 is 46.4 Å². The monoisotopic (exact) mass is 1880 g/mol. The number of aliphatic hydroxyl groups excluding tert-OH is 6. The Morgan fingerprint density at radius 1 is 0.685 bits per heavy atom. The summed E-state index contributed by atoms with van der Waals surface area (Å²) in [6.45, 7) is 5.32. The van der Waals surface area contributed by atoms with Crippen molar-refractivity contribution in [2.75, 3.05) is 53.2 Å². The molecule has 130 heavy (non-hydrogen) atoms. The molecule has 0 saturated carbocycles. The van der Waals surface area contributed by atoms with Gasteiger partial charge in [-0.1, -0.05) is 84.5 Å². The number of primary amides is 1. The molecule has 2 saturated heterocycles. The summed E-state index contributed by atoms with van der Waals surface area (Å²) < 4.78 is 40.7. The fourth-order valence-corrected chi connectivity index (χ4v) is 16.3. The first-order valence-electron chi connectivity index (χ1n) is 40.8. The molecule has 8 heterocycles. The lowest BCUT2D eigenvalue weighted by atomic mass is 9.85. The lowest BCUT2D eigenvalue weighted by Gasteiger charge is -2.48. The number of fused-ring (bicyclic) bond motifs is 15. The second-order valence-electron chi connectivity index (χ2n) is 33.5. The fraction of sp³-hybridized carbons (Fsp3) is 0.412. The first-order valence-corrected chi connectivity index (χ1v) is 42.3. The number of amides is 10. The largest absolute Gasteiger partial charge is 0.508 e. The number of rotatable bonds is 22. The quantitative estimate of drug-likeness (QED) is 0.0335. The number of nitrogens with zero attached hydrogens (tertiary/aromatic N) is 3. The minimum atomic E-state index is -2.42. The summed E-state index contributed by atoms with van der Waals surface area (Å²) >= 11 is 26.6. The van der Waals surface area contributed by atoms with Gasteiger partial charge >= 0.3 is 5.69 Å². The molecule has 7 aliphatic rings. The summed E-state index contributed by atoms with van der Waals surface area (Å²) in [7, 11) is 6.45. The number of halogens is 4. The highest BCUT2D eigenvalue weighted by atomic mass is 35.5. The maximum absolute atomic E-state index is 16.4. The minimum absolute atomic E-state index is 0.0474. The average Bonchev–Trinajstić information content (AvgIpc) is 0.755. The van der Waals surface area contributed by atoms with Gasteiger partial charge in [0.2, 0.25) is 59.3 Å². The van der Waals surface area contributed by atoms with Gasteiger partial charge in [0.15, 0.2) is 30.4 Å². The van der Waals surface area contributed by atoms with E-state index in [2.05, 4.69) is 63.7 Å². The third-order valence-corrected chi connectivity index (χ3v) is 23.4. The molecular weight excluding hydrogens is 1790 g/mol. The number of hydrazine groups is 1. The van der Waals surface area contributed by atoms with Crippen LogP contribution in [0.15, 0.2) is 114 Å². The number of hydrogen-bond acceptors (Lipinski definition) is 29. The predicted octanol–water partition coefficient (Wildman–Crippen LogP) is 1.25. The molecule has 22 N–H and O–H groups in total. The molecule has 0 aliphatic carbocycles. The van der Waals surface area contributed by atoms with Crippen LogP contribution in [0.2, 0.25) is 20.1 Å². The molecule has 14 rings (SSSR count). The van der Waals surface area contributed by atoms with Crippen LogP contribution in [0.3, 0.4) is 0 Å². The second kappa shape index (κ2) is 40.8. The lowest BCUT2D eigenvalue weighted by Crippen LogP contribution is -2.65. The van der Waals surface area contributed by atoms with Crippen LogP contribution in [0.25, 0.3) is 11.1 Å². The smallest absolute Gasteiger partial charge is 0.349 e. The third kappa shape index (κ3) is 22.7. The van der Waals surface area contributed by atoms with Gasteiger partial charge in [0, 0.05) is 48.4 Å². The SMILES string of the molecule is CNC(CC(C)C)C(=O)NC1C(=O)NC(CC(N)=O)C(=O)NC2C(=O)NC3C(=O)NC(C(=O)N[C@@H](C(=O)NNC(=O)C[N+](C)(C)C)c4cc(O)cc(O)c4-c4cc3ccc4O)C(O)c3ccc(c(Cl)c3)Oc3cc2cc(c3OC2OC(CO)C(O)C(O)C2OC2C[C@](C)(NCCn3ccc(NC(=O)Cc4ccc(Cl)c(Cl)c4)nc3=O)C(O)C(C)O2)Oc2ccc(cc2Cl)C1O. The molecule has 7 aliphatic heterocycles. The fourth-order valence-electron chi connectivity index (χ4n) is 15.5. The van der Waals surface area contributed by atoms with E-state index in [-0.39, 0.29) is 87.6 Å². The molecule has 7 aromatic rings. The standard InChI is InChI=1S/C85H97Cl4N15O26/c1-35(2)21-49(91-5)76(117)99-67-69(112)39-11-15-53(47(88)25-39)126-55-27-41-28-56(73(55)130-83-74(72(115)71(114)57(34-105)128-83)129-62-32-85(4,75(116)36(3)125-62)92-18-20-103-19-17-59(95-84(103)124)94-60(110)23-37-9-13-45(86)46(87)22-37)127-54-16-12-40(26-48(54)89)70(113)68-81(122)98-66(82(123)102-101-61(111)33-104(6,7)8)44-29-42(106)30-52(108)63(44)43-24-38(10-14-51(43)107)64(78(119)100-68)97-79(120)65(41)96-77(118)50(31-58(90)109)93-80(67)121/h9-17,19,22,24-30,35-36,49-50,57,62,64-72,74-75,83,91-92,105,112-116H,18,20-21,23,31-34H2,1-8H3,(H13-,90,93,94,95,96,97,98,99,100,101,102,106,107,108,109,110,111,117,118,119,120,121,122,123,124)/p+1/t36?,49?,50?,57?,62?,64?,65?,66-,67?,68?,69?,70?,71?,72?,74?,75?,83?,85+/m1/s1. The van der Waals surface area contributed by atoms with Gasteiger partial charge in [-0.3, -0.25) is 63.4 Å². The molecule has 0 radical (unpaired) electrons. The van der Waals surface area contributed by atoms with E-state index in [1.165, 1.54) is 55.1 Å². The maximum atomic E-state index is 16.4. The van der Waals surface area contributed by atoms with E-state index in [0.29, 0.717) is 5.56 Å². The molecule has 1 aromatic heterocycles. The van der Waals surface area contributed by atoms with Crippen molar-refractivity contribution in [3.05, 3.63) is 173 Å². The number of quaternary nitrogens is 1. The van der Waals surface area contributed by atoms with Crippen LogP contribution in [-0.4, -0.2) is 246 Å². The zero-order valence-electron chi connectivity index (χ0n) is 70.8. The highest BCUT2D eigenvalue weighted by Gasteiger charge is 2.52. The number of carbonyl (C=O) groups is 10. The lowest BCUT2D eigenvalue weighted by molar-refractivity contribution is -0.862. The number of likely N-dealkylation sites (N-methyl/N-ethyl adjacent to an activating group) is 2. The average molecular weight is 1890 g/mol. The van der Waals surface area contributed by atoms with E-state index < -0.39 is 260 Å². The molecule has 41 nitrogen and oxygen atoms in total. The van der Waals surface area contributed by atoms with Gasteiger partial charge in [-0.2, -0.15) is 4.98 Å². The highest BCUT2D eigenvalue weighted by Crippen LogP contribution is 2.50. The molecule has 45 heteroatoms. The number of aliphatic hydroxyl groups is 6. The van der Waals surface area contributed by atoms with Crippen LogP contribution in [0.1, 0.15) is 111 Å². The van der Waals surface area contributed by atoms with Crippen molar-refractivity contribution in [3.8, 4) is 57.1 Å². The van der Waals surface area contributed by atoms with E-state index in [1.54, 1.807) is 34.1 Å². The number of phenolic OH excluding ortho intramolecular Hbond substituents is 3. The Hall–Kier alpha value is -11.6. The summed E-state index contributed by atoms with van der Waals surface area (Å²) in [5.41, 5.74) is 5.69. The number of nitrogens with one attached hydrogen (secondary N) is 11. The number of aromatic nitrogens is 2. The third-order valence-electron chi connectivity index (χ3n) is 22.1. The molecule has 696 valence electrons. The van der Waals surface area contributed by atoms with Crippen LogP contribution < -0.4 is 84.3 Å². The minimum Gasteiger partial charge on any atom is -0.508 e. The summed E-state index contributed by atoms with van der Waals surface area (Å²) in [5.74, 6) is -17.3. The Morgan fingerprint density at radius 2 is 1.33 bits per heavy atom. The predicted molar refractivity (Wildman–Crippen MR) is 462 cm³/mol. The number of benzene rings is 6. The Balaban J connectivity index is 0.999. The molecule has 0 spiro atoms. The molecular formula is C85H98Cl4N15O26+. The Morgan fingerprint density at radius 3 is 1.95 bits per heavy atom. The van der Waals surface area contributed by atoms with E-state index in [0.717, 1.165) is 66.7 Å². The number of hydrogen-bond donors (Lipinski definition) is 21. The van der Waals surface area contributed by atoms with Gasteiger partial charge in [0.25, 0.3) is 11.8 Å². The van der Waals surface area contributed by atoms with Gasteiger partial charge in [0.05, 0.1) is 78.9 Å². The van der Waals surface area contributed by atoms with Gasteiger partial charge < -0.3 is 132 Å². The molecule has 16 unspecified atom stereocenters. The summed E-state index contributed by atoms with van der Waals surface area (Å²) in [5, 5.41) is 130. The highest BCUT2D eigenvalue weighted by molar-refractivity contribution is 6.42. The van der Waals surface area contributed by atoms with Gasteiger partial charge in [-0.15, -0.1) is 0 Å². The van der Waals surface area contributed by atoms with Crippen molar-refractivity contribution >= 4 is 111 Å². The van der Waals surface area contributed by atoms with Crippen molar-refractivity contribution in [2.45, 2.75) is 169 Å². The number of nitrogens with two attached hydrogens (primary N) is 1. The first kappa shape index (κ1) is 97.4. The summed E-state index contributed by atoms with van der Waals surface area (Å²) in [4.78, 5) is 164. The maximum Gasteiger partial charge on any atom is 0.349 e. The van der Waals surface area contributed by atoms with Gasteiger partial charge in [-0.25, -0.2) is 4.79 Å². The van der Waals surface area contributed by atoms with Crippen LogP contribution in [0, 0.1) is 5.92 Å². The molecule has 6 aromatic carbocycles. The Labute approximate surface area is 761 Å².